The Labute approximate surface area is 182 Å². The van der Waals surface area contributed by atoms with Gasteiger partial charge in [-0.15, -0.1) is 6.58 Å². The normalized spacial score (nSPS) is 22.1. The van der Waals surface area contributed by atoms with Crippen LogP contribution >= 0.6 is 0 Å². The molecule has 0 aromatic heterocycles. The van der Waals surface area contributed by atoms with Gasteiger partial charge in [0, 0.05) is 23.6 Å². The lowest BCUT2D eigenvalue weighted by atomic mass is 9.81. The van der Waals surface area contributed by atoms with Crippen LogP contribution in [0.4, 0.5) is 0 Å². The lowest BCUT2D eigenvalue weighted by molar-refractivity contribution is 0.0554. The average molecular weight is 424 g/mol. The number of carbonyl (C=O) groups excluding carboxylic acids is 1. The standard InChI is InChI=1S/C21H20O6.C4H8/c1-10-6-13-14(26-10)5-4-11-20(22)19-12-7-16(23-2)17(24-3)8-15(12)25-9-18(19)27-21(11)13;1-4(2)3/h4-5,7-8,10,18-19H,6,9H2,1-3H3;1H2,2-3H3/t10-,18+,19-;/m0./s1. The van der Waals surface area contributed by atoms with Crippen molar-refractivity contribution >= 4 is 5.78 Å². The first-order chi connectivity index (χ1) is 14.8. The van der Waals surface area contributed by atoms with Crippen LogP contribution in [-0.4, -0.2) is 38.8 Å². The number of allylic oxidation sites excluding steroid dienone is 1. The van der Waals surface area contributed by atoms with E-state index in [2.05, 4.69) is 6.58 Å². The second-order valence-corrected chi connectivity index (χ2v) is 8.31. The molecule has 0 radical (unpaired) electrons. The third-order valence-corrected chi connectivity index (χ3v) is 5.48. The van der Waals surface area contributed by atoms with Gasteiger partial charge in [0.1, 0.15) is 36.1 Å². The molecule has 3 atom stereocenters. The topological polar surface area (TPSA) is 63.2 Å². The Kier molecular flexibility index (Phi) is 5.56. The molecule has 0 N–H and O–H groups in total. The molecule has 0 bridgehead atoms. The van der Waals surface area contributed by atoms with Gasteiger partial charge in [0.05, 0.1) is 25.7 Å². The van der Waals surface area contributed by atoms with Gasteiger partial charge in [-0.1, -0.05) is 5.57 Å². The predicted molar refractivity (Wildman–Crippen MR) is 117 cm³/mol. The van der Waals surface area contributed by atoms with E-state index < -0.39 is 5.92 Å². The maximum absolute atomic E-state index is 13.4. The van der Waals surface area contributed by atoms with E-state index in [1.54, 1.807) is 26.4 Å². The highest BCUT2D eigenvalue weighted by atomic mass is 16.5. The Bertz CT molecular complexity index is 1040. The molecular weight excluding hydrogens is 396 g/mol. The van der Waals surface area contributed by atoms with Crippen LogP contribution in [0.25, 0.3) is 0 Å². The Morgan fingerprint density at radius 1 is 1.06 bits per heavy atom. The van der Waals surface area contributed by atoms with Gasteiger partial charge in [-0.25, -0.2) is 0 Å². The van der Waals surface area contributed by atoms with Crippen molar-refractivity contribution in [1.82, 2.24) is 0 Å². The van der Waals surface area contributed by atoms with E-state index in [1.165, 1.54) is 5.57 Å². The minimum Gasteiger partial charge on any atom is -0.493 e. The number of ketones is 1. The summed E-state index contributed by atoms with van der Waals surface area (Å²) >= 11 is 0. The molecule has 6 heteroatoms. The molecule has 6 nitrogen and oxygen atoms in total. The number of rotatable bonds is 2. The quantitative estimate of drug-likeness (QED) is 0.650. The summed E-state index contributed by atoms with van der Waals surface area (Å²) in [6.07, 6.45) is 0.451. The van der Waals surface area contributed by atoms with Gasteiger partial charge in [0.25, 0.3) is 0 Å². The third-order valence-electron chi connectivity index (χ3n) is 5.48. The number of fused-ring (bicyclic) bond motifs is 6. The zero-order valence-corrected chi connectivity index (χ0v) is 18.6. The van der Waals surface area contributed by atoms with Crippen molar-refractivity contribution in [1.29, 1.82) is 0 Å². The van der Waals surface area contributed by atoms with Gasteiger partial charge < -0.3 is 23.7 Å². The molecule has 0 saturated heterocycles. The first-order valence-corrected chi connectivity index (χ1v) is 10.4. The van der Waals surface area contributed by atoms with Crippen LogP contribution in [0.2, 0.25) is 0 Å². The van der Waals surface area contributed by atoms with Crippen molar-refractivity contribution in [2.24, 2.45) is 0 Å². The fourth-order valence-corrected chi connectivity index (χ4v) is 4.23. The SMILES string of the molecule is C=C(C)C.COc1cc2c(cc1OC)[C@@H]1C(=O)c3ccc4c(c3O[C@@H]1CO2)C[C@H](C)O4. The molecule has 3 heterocycles. The van der Waals surface area contributed by atoms with E-state index in [4.69, 9.17) is 23.7 Å². The lowest BCUT2D eigenvalue weighted by Crippen LogP contribution is -2.43. The monoisotopic (exact) mass is 424 g/mol. The maximum Gasteiger partial charge on any atom is 0.178 e. The van der Waals surface area contributed by atoms with Crippen LogP contribution in [0.3, 0.4) is 0 Å². The molecular formula is C25H28O6. The summed E-state index contributed by atoms with van der Waals surface area (Å²) in [7, 11) is 3.15. The second kappa shape index (κ2) is 8.17. The third kappa shape index (κ3) is 3.71. The molecule has 0 amide bonds. The molecule has 2 aromatic carbocycles. The summed E-state index contributed by atoms with van der Waals surface area (Å²) in [6, 6.07) is 7.26. The minimum absolute atomic E-state index is 0.0420. The van der Waals surface area contributed by atoms with Crippen LogP contribution in [0.5, 0.6) is 28.7 Å². The number of hydrogen-bond acceptors (Lipinski definition) is 6. The lowest BCUT2D eigenvalue weighted by Gasteiger charge is -2.37. The number of methoxy groups -OCH3 is 2. The zero-order valence-electron chi connectivity index (χ0n) is 18.6. The summed E-state index contributed by atoms with van der Waals surface area (Å²) in [5.74, 6) is 2.83. The molecule has 3 aliphatic heterocycles. The first-order valence-electron chi connectivity index (χ1n) is 10.4. The Morgan fingerprint density at radius 2 is 1.74 bits per heavy atom. The van der Waals surface area contributed by atoms with Crippen molar-refractivity contribution < 1.29 is 28.5 Å². The van der Waals surface area contributed by atoms with Crippen molar-refractivity contribution in [3.8, 4) is 28.7 Å². The molecule has 2 aromatic rings. The van der Waals surface area contributed by atoms with E-state index in [-0.39, 0.29) is 18.0 Å². The molecule has 0 aliphatic carbocycles. The molecule has 164 valence electrons. The fourth-order valence-electron chi connectivity index (χ4n) is 4.23. The minimum atomic E-state index is -0.432. The number of carbonyl (C=O) groups is 1. The van der Waals surface area contributed by atoms with E-state index in [9.17, 15) is 4.79 Å². The highest BCUT2D eigenvalue weighted by molar-refractivity contribution is 6.06. The number of Topliss-reactive ketones (excluding diaryl/α,β-unsaturated/α-hetero) is 1. The van der Waals surface area contributed by atoms with Gasteiger partial charge in [0.15, 0.2) is 17.3 Å². The number of ether oxygens (including phenoxy) is 5. The largest absolute Gasteiger partial charge is 0.493 e. The van der Waals surface area contributed by atoms with E-state index in [0.717, 1.165) is 23.3 Å². The first kappa shape index (κ1) is 21.1. The van der Waals surface area contributed by atoms with Crippen molar-refractivity contribution in [2.75, 3.05) is 20.8 Å². The molecule has 3 aliphatic rings. The van der Waals surface area contributed by atoms with Crippen LogP contribution < -0.4 is 23.7 Å². The van der Waals surface area contributed by atoms with E-state index in [1.807, 2.05) is 32.9 Å². The second-order valence-electron chi connectivity index (χ2n) is 8.31. The van der Waals surface area contributed by atoms with Gasteiger partial charge in [-0.05, 0) is 39.0 Å². The zero-order chi connectivity index (χ0) is 22.3. The summed E-state index contributed by atoms with van der Waals surface area (Å²) in [5.41, 5.74) is 3.52. The Hall–Kier alpha value is -3.15. The van der Waals surface area contributed by atoms with Crippen LogP contribution in [0, 0.1) is 0 Å². The molecule has 5 rings (SSSR count). The summed E-state index contributed by atoms with van der Waals surface area (Å²) in [4.78, 5) is 13.4. The fraction of sp³-hybridized carbons (Fsp3) is 0.400. The van der Waals surface area contributed by atoms with Crippen LogP contribution in [0.15, 0.2) is 36.4 Å². The molecule has 31 heavy (non-hydrogen) atoms. The number of benzene rings is 2. The van der Waals surface area contributed by atoms with Crippen molar-refractivity contribution in [2.45, 2.75) is 45.3 Å². The predicted octanol–water partition coefficient (Wildman–Crippen LogP) is 4.73. The smallest absolute Gasteiger partial charge is 0.178 e. The molecule has 0 saturated carbocycles. The molecule has 0 fully saturated rings. The Morgan fingerprint density at radius 3 is 2.42 bits per heavy atom. The molecule has 0 spiro atoms. The Balaban J connectivity index is 0.000000535. The van der Waals surface area contributed by atoms with Crippen molar-refractivity contribution in [3.05, 3.63) is 53.1 Å². The van der Waals surface area contributed by atoms with Gasteiger partial charge in [-0.2, -0.15) is 0 Å². The summed E-state index contributed by atoms with van der Waals surface area (Å²) in [6.45, 7) is 9.82. The number of hydrogen-bond donors (Lipinski definition) is 0. The summed E-state index contributed by atoms with van der Waals surface area (Å²) in [5, 5.41) is 0. The van der Waals surface area contributed by atoms with Gasteiger partial charge in [-0.3, -0.25) is 4.79 Å². The van der Waals surface area contributed by atoms with Gasteiger partial charge in [0.2, 0.25) is 0 Å². The van der Waals surface area contributed by atoms with Gasteiger partial charge >= 0.3 is 0 Å². The maximum atomic E-state index is 13.4. The van der Waals surface area contributed by atoms with Crippen molar-refractivity contribution in [3.63, 3.8) is 0 Å². The highest BCUT2D eigenvalue weighted by Crippen LogP contribution is 2.49. The summed E-state index contributed by atoms with van der Waals surface area (Å²) < 4.78 is 28.7. The molecule has 0 unspecified atom stereocenters. The average Bonchev–Trinajstić information content (AvgIpc) is 3.12. The van der Waals surface area contributed by atoms with Crippen LogP contribution in [-0.2, 0) is 6.42 Å². The van der Waals surface area contributed by atoms with E-state index >= 15 is 0 Å². The van der Waals surface area contributed by atoms with E-state index in [0.29, 0.717) is 35.2 Å². The van der Waals surface area contributed by atoms with Crippen LogP contribution in [0.1, 0.15) is 48.2 Å². The highest BCUT2D eigenvalue weighted by Gasteiger charge is 2.45.